The third-order valence-corrected chi connectivity index (χ3v) is 4.66. The zero-order valence-corrected chi connectivity index (χ0v) is 14.2. The van der Waals surface area contributed by atoms with Crippen LogP contribution >= 0.6 is 11.3 Å². The lowest BCUT2D eigenvalue weighted by atomic mass is 10.2. The molecule has 21 heavy (non-hydrogen) atoms. The van der Waals surface area contributed by atoms with Crippen molar-refractivity contribution in [3.63, 3.8) is 0 Å². The van der Waals surface area contributed by atoms with Crippen molar-refractivity contribution in [1.29, 1.82) is 0 Å². The van der Waals surface area contributed by atoms with Gasteiger partial charge in [0.1, 0.15) is 0 Å². The molecule has 120 valence electrons. The zero-order chi connectivity index (χ0) is 15.8. The molecule has 0 aliphatic rings. The summed E-state index contributed by atoms with van der Waals surface area (Å²) in [6.45, 7) is 5.64. The van der Waals surface area contributed by atoms with Crippen molar-refractivity contribution < 1.29 is 9.90 Å². The van der Waals surface area contributed by atoms with Crippen molar-refractivity contribution in [2.45, 2.75) is 32.9 Å². The summed E-state index contributed by atoms with van der Waals surface area (Å²) >= 11 is 1.64. The first-order valence-electron chi connectivity index (χ1n) is 7.32. The molecule has 0 aliphatic heterocycles. The first kappa shape index (κ1) is 17.9. The van der Waals surface area contributed by atoms with E-state index in [2.05, 4.69) is 17.1 Å². The molecule has 0 aromatic carbocycles. The number of thiophene rings is 1. The smallest absolute Gasteiger partial charge is 0.317 e. The molecule has 1 atom stereocenters. The zero-order valence-electron chi connectivity index (χ0n) is 13.4. The molecule has 1 rings (SSSR count). The Hall–Kier alpha value is -1.11. The highest BCUT2D eigenvalue weighted by molar-refractivity contribution is 7.10. The van der Waals surface area contributed by atoms with Crippen LogP contribution in [0.25, 0.3) is 0 Å². The van der Waals surface area contributed by atoms with E-state index in [1.54, 1.807) is 16.2 Å². The molecule has 0 radical (unpaired) electrons. The molecule has 1 aromatic rings. The predicted octanol–water partition coefficient (Wildman–Crippen LogP) is 1.90. The fourth-order valence-corrected chi connectivity index (χ4v) is 3.04. The van der Waals surface area contributed by atoms with Crippen molar-refractivity contribution in [1.82, 2.24) is 15.1 Å². The van der Waals surface area contributed by atoms with Gasteiger partial charge >= 0.3 is 6.03 Å². The van der Waals surface area contributed by atoms with Crippen LogP contribution in [0.1, 0.15) is 23.8 Å². The number of aliphatic hydroxyl groups excluding tert-OH is 1. The summed E-state index contributed by atoms with van der Waals surface area (Å²) in [7, 11) is 4.03. The van der Waals surface area contributed by atoms with E-state index in [4.69, 9.17) is 5.11 Å². The van der Waals surface area contributed by atoms with Crippen LogP contribution in [0.5, 0.6) is 0 Å². The minimum absolute atomic E-state index is 0.0251. The number of likely N-dealkylation sites (N-methyl/N-ethyl adjacent to an activating group) is 1. The topological polar surface area (TPSA) is 55.8 Å². The predicted molar refractivity (Wildman–Crippen MR) is 87.7 cm³/mol. The van der Waals surface area contributed by atoms with Crippen molar-refractivity contribution >= 4 is 17.4 Å². The maximum absolute atomic E-state index is 12.3. The number of nitrogens with one attached hydrogen (secondary N) is 1. The van der Waals surface area contributed by atoms with Crippen molar-refractivity contribution in [3.05, 3.63) is 21.9 Å². The van der Waals surface area contributed by atoms with Crippen molar-refractivity contribution in [3.8, 4) is 0 Å². The van der Waals surface area contributed by atoms with Crippen LogP contribution < -0.4 is 5.32 Å². The Bertz CT molecular complexity index is 434. The number of rotatable bonds is 8. The number of carbonyl (C=O) groups excluding carboxylic acids is 1. The molecule has 0 saturated carbocycles. The van der Waals surface area contributed by atoms with Gasteiger partial charge in [0.05, 0.1) is 13.2 Å². The van der Waals surface area contributed by atoms with E-state index in [9.17, 15) is 4.79 Å². The Balaban J connectivity index is 2.59. The van der Waals surface area contributed by atoms with Crippen LogP contribution in [0.3, 0.4) is 0 Å². The molecule has 1 aromatic heterocycles. The van der Waals surface area contributed by atoms with Gasteiger partial charge in [0.25, 0.3) is 0 Å². The number of aryl methyl sites for hydroxylation is 1. The lowest BCUT2D eigenvalue weighted by Gasteiger charge is -2.26. The lowest BCUT2D eigenvalue weighted by molar-refractivity contribution is 0.170. The van der Waals surface area contributed by atoms with E-state index < -0.39 is 0 Å². The average Bonchev–Trinajstić information content (AvgIpc) is 2.84. The van der Waals surface area contributed by atoms with E-state index >= 15 is 0 Å². The maximum Gasteiger partial charge on any atom is 0.317 e. The average molecular weight is 313 g/mol. The number of amides is 2. The van der Waals surface area contributed by atoms with Gasteiger partial charge in [-0.15, -0.1) is 11.3 Å². The first-order chi connectivity index (χ1) is 9.99. The monoisotopic (exact) mass is 313 g/mol. The minimum atomic E-state index is -0.114. The fourth-order valence-electron chi connectivity index (χ4n) is 2.12. The second kappa shape index (κ2) is 9.02. The summed E-state index contributed by atoms with van der Waals surface area (Å²) in [6.07, 6.45) is 0.983. The summed E-state index contributed by atoms with van der Waals surface area (Å²) in [4.78, 5) is 17.2. The Labute approximate surface area is 131 Å². The van der Waals surface area contributed by atoms with Gasteiger partial charge in [-0.05, 0) is 44.4 Å². The van der Waals surface area contributed by atoms with E-state index in [1.807, 2.05) is 32.5 Å². The van der Waals surface area contributed by atoms with Gasteiger partial charge in [-0.1, -0.05) is 6.92 Å². The van der Waals surface area contributed by atoms with Crippen LogP contribution in [0, 0.1) is 6.92 Å². The van der Waals surface area contributed by atoms with E-state index in [0.29, 0.717) is 25.7 Å². The maximum atomic E-state index is 12.3. The minimum Gasteiger partial charge on any atom is -0.395 e. The highest BCUT2D eigenvalue weighted by Gasteiger charge is 2.17. The molecular weight excluding hydrogens is 286 g/mol. The Morgan fingerprint density at radius 2 is 2.19 bits per heavy atom. The third-order valence-electron chi connectivity index (χ3n) is 3.65. The van der Waals surface area contributed by atoms with Gasteiger partial charge in [0.15, 0.2) is 0 Å². The van der Waals surface area contributed by atoms with Crippen LogP contribution in [-0.2, 0) is 6.54 Å². The SMILES string of the molecule is CC[C@@H](CNC(=O)N(CCO)Cc1sccc1C)N(C)C. The number of urea groups is 1. The first-order valence-corrected chi connectivity index (χ1v) is 8.20. The fraction of sp³-hybridized carbons (Fsp3) is 0.667. The normalized spacial score (nSPS) is 12.5. The molecule has 0 unspecified atom stereocenters. The number of hydrogen-bond acceptors (Lipinski definition) is 4. The standard InChI is InChI=1S/C15H27N3O2S/c1-5-13(17(3)4)10-16-15(20)18(7-8-19)11-14-12(2)6-9-21-14/h6,9,13,19H,5,7-8,10-11H2,1-4H3,(H,16,20)/t13-/m0/s1. The van der Waals surface area contributed by atoms with E-state index in [-0.39, 0.29) is 12.6 Å². The van der Waals surface area contributed by atoms with Crippen LogP contribution in [-0.4, -0.2) is 60.8 Å². The summed E-state index contributed by atoms with van der Waals surface area (Å²) < 4.78 is 0. The van der Waals surface area contributed by atoms with Crippen LogP contribution in [0.4, 0.5) is 4.79 Å². The number of nitrogens with zero attached hydrogens (tertiary/aromatic N) is 2. The largest absolute Gasteiger partial charge is 0.395 e. The van der Waals surface area contributed by atoms with Gasteiger partial charge in [-0.3, -0.25) is 0 Å². The molecule has 1 heterocycles. The quantitative estimate of drug-likeness (QED) is 0.771. The Kier molecular flexibility index (Phi) is 7.71. The van der Waals surface area contributed by atoms with Crippen molar-refractivity contribution in [2.24, 2.45) is 0 Å². The summed E-state index contributed by atoms with van der Waals surface area (Å²) in [5.74, 6) is 0. The molecule has 0 fully saturated rings. The number of carbonyl (C=O) groups is 1. The summed E-state index contributed by atoms with van der Waals surface area (Å²) in [6, 6.07) is 2.26. The molecule has 2 amide bonds. The van der Waals surface area contributed by atoms with Crippen LogP contribution in [0.15, 0.2) is 11.4 Å². The summed E-state index contributed by atoms with van der Waals surface area (Å²) in [5, 5.41) is 14.2. The number of hydrogen-bond donors (Lipinski definition) is 2. The van der Waals surface area contributed by atoms with Crippen LogP contribution in [0.2, 0.25) is 0 Å². The third kappa shape index (κ3) is 5.65. The van der Waals surface area contributed by atoms with Gasteiger partial charge in [-0.2, -0.15) is 0 Å². The van der Waals surface area contributed by atoms with Gasteiger partial charge in [0, 0.05) is 24.0 Å². The molecule has 0 aliphatic carbocycles. The molecule has 0 bridgehead atoms. The highest BCUT2D eigenvalue weighted by Crippen LogP contribution is 2.17. The summed E-state index contributed by atoms with van der Waals surface area (Å²) in [5.41, 5.74) is 1.19. The second-order valence-electron chi connectivity index (χ2n) is 5.38. The van der Waals surface area contributed by atoms with Gasteiger partial charge in [0.2, 0.25) is 0 Å². The van der Waals surface area contributed by atoms with Gasteiger partial charge < -0.3 is 20.2 Å². The lowest BCUT2D eigenvalue weighted by Crippen LogP contribution is -2.46. The Morgan fingerprint density at radius 3 is 2.67 bits per heavy atom. The highest BCUT2D eigenvalue weighted by atomic mass is 32.1. The molecule has 5 nitrogen and oxygen atoms in total. The molecule has 0 saturated heterocycles. The molecule has 0 spiro atoms. The number of aliphatic hydroxyl groups is 1. The molecular formula is C15H27N3O2S. The molecule has 2 N–H and O–H groups in total. The second-order valence-corrected chi connectivity index (χ2v) is 6.38. The van der Waals surface area contributed by atoms with Gasteiger partial charge in [-0.25, -0.2) is 4.79 Å². The Morgan fingerprint density at radius 1 is 1.48 bits per heavy atom. The van der Waals surface area contributed by atoms with Crippen molar-refractivity contribution in [2.75, 3.05) is 33.8 Å². The van der Waals surface area contributed by atoms with E-state index in [1.165, 1.54) is 10.4 Å². The van der Waals surface area contributed by atoms with E-state index in [0.717, 1.165) is 6.42 Å². The molecule has 6 heteroatoms.